The fourth-order valence-electron chi connectivity index (χ4n) is 3.60. The van der Waals surface area contributed by atoms with Gasteiger partial charge in [-0.2, -0.15) is 4.31 Å². The molecule has 0 bridgehead atoms. The van der Waals surface area contributed by atoms with Crippen molar-refractivity contribution in [3.8, 4) is 0 Å². The summed E-state index contributed by atoms with van der Waals surface area (Å²) in [6.07, 6.45) is 1.66. The van der Waals surface area contributed by atoms with Crippen LogP contribution < -0.4 is 0 Å². The van der Waals surface area contributed by atoms with Crippen LogP contribution in [0.25, 0.3) is 6.08 Å². The van der Waals surface area contributed by atoms with Crippen LogP contribution in [0.5, 0.6) is 0 Å². The number of carbonyl (C=O) groups excluding carboxylic acids is 1. The second-order valence-electron chi connectivity index (χ2n) is 8.92. The second-order valence-corrected chi connectivity index (χ2v) is 16.6. The van der Waals surface area contributed by atoms with E-state index in [-0.39, 0.29) is 17.9 Å². The van der Waals surface area contributed by atoms with Gasteiger partial charge in [0.1, 0.15) is 5.82 Å². The molecule has 2 aromatic carbocycles. The van der Waals surface area contributed by atoms with Gasteiger partial charge in [0.25, 0.3) is 0 Å². The van der Waals surface area contributed by atoms with E-state index < -0.39 is 35.9 Å². The van der Waals surface area contributed by atoms with E-state index in [1.54, 1.807) is 12.1 Å². The van der Waals surface area contributed by atoms with Crippen molar-refractivity contribution in [3.05, 3.63) is 76.6 Å². The molecule has 1 atom stereocenters. The molecule has 0 N–H and O–H groups in total. The third kappa shape index (κ3) is 5.50. The Morgan fingerprint density at radius 3 is 2.52 bits per heavy atom. The van der Waals surface area contributed by atoms with Gasteiger partial charge in [-0.1, -0.05) is 56.0 Å². The van der Waals surface area contributed by atoms with Crippen molar-refractivity contribution < 1.29 is 22.3 Å². The lowest BCUT2D eigenvalue weighted by molar-refractivity contribution is -0.136. The summed E-state index contributed by atoms with van der Waals surface area (Å²) in [7, 11) is -4.16. The van der Waals surface area contributed by atoms with Gasteiger partial charge >= 0.3 is 5.97 Å². The van der Waals surface area contributed by atoms with Crippen LogP contribution in [0, 0.1) is 5.82 Å². The topological polar surface area (TPSA) is 63.7 Å². The fourth-order valence-corrected chi connectivity index (χ4v) is 8.21. The fraction of sp³-hybridized carbons (Fsp3) is 0.348. The zero-order valence-corrected chi connectivity index (χ0v) is 20.1. The summed E-state index contributed by atoms with van der Waals surface area (Å²) >= 11 is 0. The first kappa shape index (κ1) is 23.4. The molecule has 2 aromatic rings. The summed E-state index contributed by atoms with van der Waals surface area (Å²) in [5, 5.41) is 0. The minimum Gasteiger partial charge on any atom is -0.466 e. The average molecular weight is 462 g/mol. The van der Waals surface area contributed by atoms with Crippen LogP contribution in [0.15, 0.2) is 54.1 Å². The van der Waals surface area contributed by atoms with Crippen LogP contribution in [0.4, 0.5) is 4.39 Å². The SMILES string of the molecule is COC(=O)C1=Cc2ccccc2CN(S(=O)(=O)CC[Si](C)(C)C)C1c1cccc(F)c1. The molecule has 166 valence electrons. The Bertz CT molecular complexity index is 1110. The molecule has 3 rings (SSSR count). The van der Waals surface area contributed by atoms with Gasteiger partial charge in [0.2, 0.25) is 10.0 Å². The zero-order chi connectivity index (χ0) is 22.8. The van der Waals surface area contributed by atoms with E-state index in [0.29, 0.717) is 11.6 Å². The van der Waals surface area contributed by atoms with Crippen molar-refractivity contribution in [2.24, 2.45) is 0 Å². The summed E-state index contributed by atoms with van der Waals surface area (Å²) in [5.74, 6) is -1.16. The highest BCUT2D eigenvalue weighted by molar-refractivity contribution is 7.89. The lowest BCUT2D eigenvalue weighted by Crippen LogP contribution is -2.39. The molecule has 0 spiro atoms. The van der Waals surface area contributed by atoms with E-state index in [0.717, 1.165) is 11.1 Å². The number of hydrogen-bond donors (Lipinski definition) is 0. The molecule has 0 aromatic heterocycles. The highest BCUT2D eigenvalue weighted by Gasteiger charge is 2.39. The number of halogens is 1. The maximum absolute atomic E-state index is 14.1. The molecule has 0 aliphatic carbocycles. The van der Waals surface area contributed by atoms with E-state index in [9.17, 15) is 17.6 Å². The molecule has 1 aliphatic rings. The van der Waals surface area contributed by atoms with Crippen LogP contribution in [0.1, 0.15) is 22.7 Å². The first-order valence-electron chi connectivity index (χ1n) is 10.1. The minimum atomic E-state index is -3.77. The lowest BCUT2D eigenvalue weighted by atomic mass is 9.97. The van der Waals surface area contributed by atoms with Gasteiger partial charge in [0.05, 0.1) is 24.5 Å². The first-order valence-corrected chi connectivity index (χ1v) is 15.5. The predicted octanol–water partition coefficient (Wildman–Crippen LogP) is 4.61. The van der Waals surface area contributed by atoms with Gasteiger partial charge in [-0.05, 0) is 40.9 Å². The van der Waals surface area contributed by atoms with Crippen molar-refractivity contribution in [2.45, 2.75) is 38.3 Å². The Balaban J connectivity index is 2.22. The van der Waals surface area contributed by atoms with E-state index in [4.69, 9.17) is 4.74 Å². The van der Waals surface area contributed by atoms with Crippen molar-refractivity contribution in [1.82, 2.24) is 4.31 Å². The third-order valence-electron chi connectivity index (χ3n) is 5.33. The van der Waals surface area contributed by atoms with E-state index in [1.807, 2.05) is 24.3 Å². The Labute approximate surface area is 184 Å². The van der Waals surface area contributed by atoms with Crippen molar-refractivity contribution in [3.63, 3.8) is 0 Å². The molecule has 31 heavy (non-hydrogen) atoms. The van der Waals surface area contributed by atoms with E-state index in [2.05, 4.69) is 19.6 Å². The normalized spacial score (nSPS) is 17.5. The lowest BCUT2D eigenvalue weighted by Gasteiger charge is -2.32. The molecule has 0 radical (unpaired) electrons. The molecule has 0 amide bonds. The number of sulfonamides is 1. The molecule has 1 unspecified atom stereocenters. The molecular formula is C23H28FNO4SSi. The molecule has 1 aliphatic heterocycles. The number of carbonyl (C=O) groups is 1. The first-order chi connectivity index (χ1) is 14.5. The summed E-state index contributed by atoms with van der Waals surface area (Å²) in [6, 6.07) is 12.7. The number of rotatable bonds is 6. The number of benzene rings is 2. The standard InChI is InChI=1S/C23H28FNO4SSi/c1-29-23(26)21-15-17-8-5-6-9-19(17)16-25(30(27,28)12-13-31(2,3)4)22(21)18-10-7-11-20(24)14-18/h5-11,14-15,22H,12-13,16H2,1-4H3. The maximum atomic E-state index is 14.1. The molecule has 0 fully saturated rings. The summed E-state index contributed by atoms with van der Waals surface area (Å²) in [6.45, 7) is 6.43. The summed E-state index contributed by atoms with van der Waals surface area (Å²) in [4.78, 5) is 12.8. The van der Waals surface area contributed by atoms with Gasteiger partial charge in [-0.25, -0.2) is 17.6 Å². The van der Waals surface area contributed by atoms with Gasteiger partial charge in [-0.3, -0.25) is 0 Å². The molecule has 5 nitrogen and oxygen atoms in total. The highest BCUT2D eigenvalue weighted by Crippen LogP contribution is 2.38. The molecule has 0 saturated heterocycles. The molecule has 0 saturated carbocycles. The van der Waals surface area contributed by atoms with Gasteiger partial charge in [-0.15, -0.1) is 0 Å². The largest absolute Gasteiger partial charge is 0.466 e. The summed E-state index contributed by atoms with van der Waals surface area (Å²) in [5.41, 5.74) is 2.07. The number of methoxy groups -OCH3 is 1. The number of nitrogens with zero attached hydrogens (tertiary/aromatic N) is 1. The smallest absolute Gasteiger partial charge is 0.335 e. The number of hydrogen-bond acceptors (Lipinski definition) is 4. The monoisotopic (exact) mass is 461 g/mol. The van der Waals surface area contributed by atoms with Gasteiger partial charge in [0.15, 0.2) is 0 Å². The summed E-state index contributed by atoms with van der Waals surface area (Å²) < 4.78 is 47.6. The quantitative estimate of drug-likeness (QED) is 0.466. The van der Waals surface area contributed by atoms with Crippen LogP contribution in [0.3, 0.4) is 0 Å². The second kappa shape index (κ2) is 9.06. The van der Waals surface area contributed by atoms with Crippen LogP contribution >= 0.6 is 0 Å². The maximum Gasteiger partial charge on any atom is 0.335 e. The molecule has 8 heteroatoms. The number of ether oxygens (including phenoxy) is 1. The van der Waals surface area contributed by atoms with Gasteiger partial charge < -0.3 is 4.74 Å². The predicted molar refractivity (Wildman–Crippen MR) is 123 cm³/mol. The molecular weight excluding hydrogens is 433 g/mol. The highest BCUT2D eigenvalue weighted by atomic mass is 32.2. The Kier molecular flexibility index (Phi) is 6.83. The minimum absolute atomic E-state index is 0.0227. The average Bonchev–Trinajstić information content (AvgIpc) is 2.89. The number of fused-ring (bicyclic) bond motifs is 1. The van der Waals surface area contributed by atoms with E-state index >= 15 is 0 Å². The van der Waals surface area contributed by atoms with Crippen molar-refractivity contribution >= 4 is 30.1 Å². The Morgan fingerprint density at radius 1 is 1.16 bits per heavy atom. The van der Waals surface area contributed by atoms with Crippen molar-refractivity contribution in [1.29, 1.82) is 0 Å². The van der Waals surface area contributed by atoms with Crippen LogP contribution in [-0.2, 0) is 26.1 Å². The Morgan fingerprint density at radius 2 is 1.87 bits per heavy atom. The number of esters is 1. The van der Waals surface area contributed by atoms with Crippen molar-refractivity contribution in [2.75, 3.05) is 12.9 Å². The van der Waals surface area contributed by atoms with Crippen LogP contribution in [0.2, 0.25) is 25.7 Å². The zero-order valence-electron chi connectivity index (χ0n) is 18.3. The van der Waals surface area contributed by atoms with Crippen LogP contribution in [-0.4, -0.2) is 39.6 Å². The van der Waals surface area contributed by atoms with Gasteiger partial charge in [0, 0.05) is 14.6 Å². The Hall–Kier alpha value is -2.29. The third-order valence-corrected chi connectivity index (χ3v) is 9.21. The van der Waals surface area contributed by atoms with E-state index in [1.165, 1.54) is 29.6 Å². The molecule has 1 heterocycles.